The van der Waals surface area contributed by atoms with Crippen LogP contribution in [0.25, 0.3) is 0 Å². The maximum absolute atomic E-state index is 6.16. The molecule has 4 nitrogen and oxygen atoms in total. The molecule has 0 spiro atoms. The van der Waals surface area contributed by atoms with Gasteiger partial charge >= 0.3 is 0 Å². The van der Waals surface area contributed by atoms with E-state index < -0.39 is 0 Å². The maximum Gasteiger partial charge on any atom is 0.119 e. The van der Waals surface area contributed by atoms with Crippen LogP contribution in [0.2, 0.25) is 0 Å². The van der Waals surface area contributed by atoms with Crippen LogP contribution in [0.15, 0.2) is 36.4 Å². The number of nitrogens with zero attached hydrogens (tertiary/aromatic N) is 2. The van der Waals surface area contributed by atoms with Crippen LogP contribution in [-0.2, 0) is 19.4 Å². The number of aromatic nitrogens is 2. The molecule has 0 aliphatic rings. The van der Waals surface area contributed by atoms with Gasteiger partial charge in [-0.1, -0.05) is 25.1 Å². The molecule has 0 aliphatic heterocycles. The topological polar surface area (TPSA) is 53.1 Å². The standard InChI is InChI=1S/C16H23N3O/c1-3-14-11-15(19(4-2)18-14)10-13(17)12-20-16-8-6-5-7-9-16/h5-9,11,13H,3-4,10,12,17H2,1-2H3. The fraction of sp³-hybridized carbons (Fsp3) is 0.438. The van der Waals surface area contributed by atoms with Crippen molar-refractivity contribution in [1.29, 1.82) is 0 Å². The van der Waals surface area contributed by atoms with Crippen LogP contribution in [0.5, 0.6) is 5.75 Å². The van der Waals surface area contributed by atoms with E-state index in [1.165, 1.54) is 5.69 Å². The molecule has 0 aliphatic carbocycles. The Morgan fingerprint density at radius 3 is 2.65 bits per heavy atom. The first kappa shape index (κ1) is 14.6. The van der Waals surface area contributed by atoms with Crippen LogP contribution < -0.4 is 10.5 Å². The molecule has 20 heavy (non-hydrogen) atoms. The Labute approximate surface area is 120 Å². The molecule has 4 heteroatoms. The fourth-order valence-corrected chi connectivity index (χ4v) is 2.17. The summed E-state index contributed by atoms with van der Waals surface area (Å²) in [5.74, 6) is 0.862. The van der Waals surface area contributed by atoms with E-state index in [1.807, 2.05) is 35.0 Å². The summed E-state index contributed by atoms with van der Waals surface area (Å²) >= 11 is 0. The first-order chi connectivity index (χ1) is 9.72. The molecule has 2 aromatic rings. The minimum atomic E-state index is -0.0260. The van der Waals surface area contributed by atoms with Crippen LogP contribution in [-0.4, -0.2) is 22.4 Å². The van der Waals surface area contributed by atoms with E-state index in [2.05, 4.69) is 25.0 Å². The van der Waals surface area contributed by atoms with Crippen LogP contribution in [0.4, 0.5) is 0 Å². The van der Waals surface area contributed by atoms with Gasteiger partial charge in [0.15, 0.2) is 0 Å². The van der Waals surface area contributed by atoms with E-state index >= 15 is 0 Å². The highest BCUT2D eigenvalue weighted by atomic mass is 16.5. The maximum atomic E-state index is 6.16. The van der Waals surface area contributed by atoms with Gasteiger partial charge in [-0.05, 0) is 31.5 Å². The lowest BCUT2D eigenvalue weighted by Gasteiger charge is -2.13. The highest BCUT2D eigenvalue weighted by Gasteiger charge is 2.11. The van der Waals surface area contributed by atoms with E-state index in [0.29, 0.717) is 6.61 Å². The number of para-hydroxylation sites is 1. The van der Waals surface area contributed by atoms with Gasteiger partial charge in [0.2, 0.25) is 0 Å². The summed E-state index contributed by atoms with van der Waals surface area (Å²) in [6.07, 6.45) is 1.74. The van der Waals surface area contributed by atoms with Crippen molar-refractivity contribution in [3.63, 3.8) is 0 Å². The zero-order chi connectivity index (χ0) is 14.4. The van der Waals surface area contributed by atoms with E-state index in [9.17, 15) is 0 Å². The number of aryl methyl sites for hydroxylation is 2. The van der Waals surface area contributed by atoms with Crippen molar-refractivity contribution in [3.05, 3.63) is 47.8 Å². The molecule has 2 rings (SSSR count). The normalized spacial score (nSPS) is 12.3. The minimum absolute atomic E-state index is 0.0260. The lowest BCUT2D eigenvalue weighted by molar-refractivity contribution is 0.285. The average Bonchev–Trinajstić information content (AvgIpc) is 2.88. The molecule has 1 atom stereocenters. The summed E-state index contributed by atoms with van der Waals surface area (Å²) in [5.41, 5.74) is 8.47. The van der Waals surface area contributed by atoms with Crippen molar-refractivity contribution in [2.75, 3.05) is 6.61 Å². The third-order valence-corrected chi connectivity index (χ3v) is 3.25. The number of hydrogen-bond donors (Lipinski definition) is 1. The summed E-state index contributed by atoms with van der Waals surface area (Å²) < 4.78 is 7.72. The van der Waals surface area contributed by atoms with Gasteiger partial charge in [-0.15, -0.1) is 0 Å². The quantitative estimate of drug-likeness (QED) is 0.843. The van der Waals surface area contributed by atoms with Gasteiger partial charge in [0.05, 0.1) is 5.69 Å². The summed E-state index contributed by atoms with van der Waals surface area (Å²) in [5, 5.41) is 4.54. The third-order valence-electron chi connectivity index (χ3n) is 3.25. The van der Waals surface area contributed by atoms with Gasteiger partial charge in [0.25, 0.3) is 0 Å². The van der Waals surface area contributed by atoms with Gasteiger partial charge in [0, 0.05) is 24.7 Å². The molecule has 1 aromatic heterocycles. The Bertz CT molecular complexity index is 522. The van der Waals surface area contributed by atoms with Crippen molar-refractivity contribution in [2.45, 2.75) is 39.3 Å². The van der Waals surface area contributed by atoms with Crippen LogP contribution >= 0.6 is 0 Å². The second-order valence-electron chi connectivity index (χ2n) is 4.88. The van der Waals surface area contributed by atoms with Crippen molar-refractivity contribution in [2.24, 2.45) is 5.73 Å². The SMILES string of the molecule is CCc1cc(CC(N)COc2ccccc2)n(CC)n1. The Hall–Kier alpha value is -1.81. The molecule has 1 heterocycles. The predicted molar refractivity (Wildman–Crippen MR) is 80.9 cm³/mol. The summed E-state index contributed by atoms with van der Waals surface area (Å²) in [6, 6.07) is 11.9. The number of rotatable bonds is 7. The highest BCUT2D eigenvalue weighted by molar-refractivity contribution is 5.21. The van der Waals surface area contributed by atoms with Crippen LogP contribution in [0.3, 0.4) is 0 Å². The number of hydrogen-bond acceptors (Lipinski definition) is 3. The monoisotopic (exact) mass is 273 g/mol. The molecule has 0 bridgehead atoms. The Morgan fingerprint density at radius 1 is 1.25 bits per heavy atom. The van der Waals surface area contributed by atoms with Crippen molar-refractivity contribution < 1.29 is 4.74 Å². The van der Waals surface area contributed by atoms with Gasteiger partial charge < -0.3 is 10.5 Å². The molecule has 1 unspecified atom stereocenters. The smallest absolute Gasteiger partial charge is 0.119 e. The first-order valence-corrected chi connectivity index (χ1v) is 7.22. The van der Waals surface area contributed by atoms with E-state index in [0.717, 1.165) is 30.8 Å². The molecule has 1 aromatic carbocycles. The van der Waals surface area contributed by atoms with Crippen LogP contribution in [0, 0.1) is 0 Å². The van der Waals surface area contributed by atoms with Crippen LogP contribution in [0.1, 0.15) is 25.2 Å². The molecule has 0 saturated heterocycles. The second kappa shape index (κ2) is 7.10. The van der Waals surface area contributed by atoms with E-state index in [4.69, 9.17) is 10.5 Å². The number of benzene rings is 1. The molecule has 2 N–H and O–H groups in total. The lowest BCUT2D eigenvalue weighted by atomic mass is 10.1. The average molecular weight is 273 g/mol. The van der Waals surface area contributed by atoms with E-state index in [1.54, 1.807) is 0 Å². The Kier molecular flexibility index (Phi) is 5.18. The molecule has 0 saturated carbocycles. The highest BCUT2D eigenvalue weighted by Crippen LogP contribution is 2.11. The number of nitrogens with two attached hydrogens (primary N) is 1. The zero-order valence-corrected chi connectivity index (χ0v) is 12.2. The van der Waals surface area contributed by atoms with E-state index in [-0.39, 0.29) is 6.04 Å². The first-order valence-electron chi connectivity index (χ1n) is 7.22. The molecular weight excluding hydrogens is 250 g/mol. The summed E-state index contributed by atoms with van der Waals surface area (Å²) in [4.78, 5) is 0. The Morgan fingerprint density at radius 2 is 2.00 bits per heavy atom. The van der Waals surface area contributed by atoms with Gasteiger partial charge in [-0.3, -0.25) is 4.68 Å². The molecule has 108 valence electrons. The Balaban J connectivity index is 1.91. The largest absolute Gasteiger partial charge is 0.492 e. The minimum Gasteiger partial charge on any atom is -0.492 e. The summed E-state index contributed by atoms with van der Waals surface area (Å²) in [6.45, 7) is 5.61. The summed E-state index contributed by atoms with van der Waals surface area (Å²) in [7, 11) is 0. The van der Waals surface area contributed by atoms with Gasteiger partial charge in [0.1, 0.15) is 12.4 Å². The molecule has 0 fully saturated rings. The fourth-order valence-electron chi connectivity index (χ4n) is 2.17. The van der Waals surface area contributed by atoms with Crippen molar-refractivity contribution in [3.8, 4) is 5.75 Å². The van der Waals surface area contributed by atoms with Gasteiger partial charge in [-0.2, -0.15) is 5.10 Å². The molecular formula is C16H23N3O. The molecule has 0 radical (unpaired) electrons. The molecule has 0 amide bonds. The lowest BCUT2D eigenvalue weighted by Crippen LogP contribution is -2.31. The van der Waals surface area contributed by atoms with Crippen molar-refractivity contribution >= 4 is 0 Å². The zero-order valence-electron chi connectivity index (χ0n) is 12.2. The van der Waals surface area contributed by atoms with Gasteiger partial charge in [-0.25, -0.2) is 0 Å². The third kappa shape index (κ3) is 3.84. The second-order valence-corrected chi connectivity index (χ2v) is 4.88. The predicted octanol–water partition coefficient (Wildman–Crippen LogP) is 2.41. The van der Waals surface area contributed by atoms with Crippen molar-refractivity contribution in [1.82, 2.24) is 9.78 Å². The number of ether oxygens (including phenoxy) is 1.